The summed E-state index contributed by atoms with van der Waals surface area (Å²) in [4.78, 5) is 8.19. The predicted molar refractivity (Wildman–Crippen MR) is 75.3 cm³/mol. The van der Waals surface area contributed by atoms with Crippen LogP contribution >= 0.6 is 28.1 Å². The standard InChI is InChI=1S/C11H9BrN4S/c12-7-1-2-10(9(3-7)11(13)17)16-8-4-14-6-15-5-8/h1-6,16H,(H2,13,17). The molecule has 2 rings (SSSR count). The number of nitrogens with zero attached hydrogens (tertiary/aromatic N) is 2. The van der Waals surface area contributed by atoms with Gasteiger partial charge in [0.05, 0.1) is 18.1 Å². The van der Waals surface area contributed by atoms with E-state index in [1.807, 2.05) is 18.2 Å². The number of thiocarbonyl (C=S) groups is 1. The SMILES string of the molecule is NC(=S)c1cc(Br)ccc1Nc1cncnc1. The molecule has 0 aliphatic carbocycles. The molecule has 86 valence electrons. The van der Waals surface area contributed by atoms with Gasteiger partial charge in [0.25, 0.3) is 0 Å². The van der Waals surface area contributed by atoms with Crippen LogP contribution in [0.15, 0.2) is 41.4 Å². The molecule has 6 heteroatoms. The lowest BCUT2D eigenvalue weighted by Gasteiger charge is -2.10. The highest BCUT2D eigenvalue weighted by molar-refractivity contribution is 9.10. The average Bonchev–Trinajstić information content (AvgIpc) is 2.32. The van der Waals surface area contributed by atoms with E-state index in [1.165, 1.54) is 6.33 Å². The maximum atomic E-state index is 5.68. The molecule has 1 aromatic heterocycles. The topological polar surface area (TPSA) is 63.8 Å². The third kappa shape index (κ3) is 2.98. The molecule has 1 heterocycles. The second kappa shape index (κ2) is 5.20. The molecule has 0 aliphatic rings. The van der Waals surface area contributed by atoms with E-state index in [1.54, 1.807) is 12.4 Å². The van der Waals surface area contributed by atoms with Crippen molar-refractivity contribution in [3.8, 4) is 0 Å². The molecule has 0 unspecified atom stereocenters. The van der Waals surface area contributed by atoms with Crippen LogP contribution in [-0.4, -0.2) is 15.0 Å². The molecule has 2 aromatic rings. The smallest absolute Gasteiger partial charge is 0.115 e. The van der Waals surface area contributed by atoms with Crippen LogP contribution in [0.5, 0.6) is 0 Å². The average molecular weight is 309 g/mol. The molecule has 0 amide bonds. The summed E-state index contributed by atoms with van der Waals surface area (Å²) in [5, 5.41) is 3.17. The van der Waals surface area contributed by atoms with E-state index in [4.69, 9.17) is 18.0 Å². The van der Waals surface area contributed by atoms with Crippen molar-refractivity contribution in [1.82, 2.24) is 9.97 Å². The van der Waals surface area contributed by atoms with E-state index in [0.717, 1.165) is 21.4 Å². The maximum absolute atomic E-state index is 5.68. The summed E-state index contributed by atoms with van der Waals surface area (Å²) in [6.45, 7) is 0. The third-order valence-corrected chi connectivity index (χ3v) is 2.80. The Kier molecular flexibility index (Phi) is 3.65. The Morgan fingerprint density at radius 1 is 1.29 bits per heavy atom. The van der Waals surface area contributed by atoms with E-state index in [0.29, 0.717) is 4.99 Å². The zero-order valence-corrected chi connectivity index (χ0v) is 11.1. The molecule has 0 bridgehead atoms. The van der Waals surface area contributed by atoms with Gasteiger partial charge in [0.1, 0.15) is 11.3 Å². The summed E-state index contributed by atoms with van der Waals surface area (Å²) in [6.07, 6.45) is 4.83. The van der Waals surface area contributed by atoms with Gasteiger partial charge >= 0.3 is 0 Å². The number of benzene rings is 1. The number of halogens is 1. The van der Waals surface area contributed by atoms with Crippen molar-refractivity contribution in [3.05, 3.63) is 47.0 Å². The number of rotatable bonds is 3. The predicted octanol–water partition coefficient (Wildman–Crippen LogP) is 2.62. The maximum Gasteiger partial charge on any atom is 0.115 e. The molecule has 0 atom stereocenters. The minimum absolute atomic E-state index is 0.339. The number of hydrogen-bond donors (Lipinski definition) is 2. The van der Waals surface area contributed by atoms with Gasteiger partial charge in [-0.05, 0) is 18.2 Å². The Labute approximate surface area is 112 Å². The van der Waals surface area contributed by atoms with Crippen LogP contribution in [0.4, 0.5) is 11.4 Å². The quantitative estimate of drug-likeness (QED) is 0.853. The van der Waals surface area contributed by atoms with E-state index < -0.39 is 0 Å². The molecule has 0 fully saturated rings. The van der Waals surface area contributed by atoms with Crippen molar-refractivity contribution >= 4 is 44.5 Å². The van der Waals surface area contributed by atoms with Crippen LogP contribution in [0.1, 0.15) is 5.56 Å². The Morgan fingerprint density at radius 2 is 2.00 bits per heavy atom. The van der Waals surface area contributed by atoms with Gasteiger partial charge in [0.15, 0.2) is 0 Å². The first kappa shape index (κ1) is 11.9. The van der Waals surface area contributed by atoms with E-state index in [9.17, 15) is 0 Å². The molecule has 3 N–H and O–H groups in total. The van der Waals surface area contributed by atoms with Crippen molar-refractivity contribution in [2.24, 2.45) is 5.73 Å². The van der Waals surface area contributed by atoms with Crippen LogP contribution < -0.4 is 11.1 Å². The fourth-order valence-electron chi connectivity index (χ4n) is 1.35. The molecule has 1 aromatic carbocycles. The number of hydrogen-bond acceptors (Lipinski definition) is 4. The Bertz CT molecular complexity index is 544. The van der Waals surface area contributed by atoms with Crippen molar-refractivity contribution < 1.29 is 0 Å². The van der Waals surface area contributed by atoms with Crippen LogP contribution in [0.25, 0.3) is 0 Å². The minimum atomic E-state index is 0.339. The van der Waals surface area contributed by atoms with E-state index >= 15 is 0 Å². The molecule has 0 saturated carbocycles. The highest BCUT2D eigenvalue weighted by Crippen LogP contribution is 2.23. The lowest BCUT2D eigenvalue weighted by molar-refractivity contribution is 1.17. The van der Waals surface area contributed by atoms with Gasteiger partial charge in [-0.3, -0.25) is 0 Å². The van der Waals surface area contributed by atoms with Crippen molar-refractivity contribution in [1.29, 1.82) is 0 Å². The highest BCUT2D eigenvalue weighted by Gasteiger charge is 2.06. The third-order valence-electron chi connectivity index (χ3n) is 2.09. The first-order valence-corrected chi connectivity index (χ1v) is 5.98. The Balaban J connectivity index is 2.36. The number of nitrogens with one attached hydrogen (secondary N) is 1. The molecular formula is C11H9BrN4S. The molecule has 0 aliphatic heterocycles. The lowest BCUT2D eigenvalue weighted by atomic mass is 10.1. The number of aromatic nitrogens is 2. The summed E-state index contributed by atoms with van der Waals surface area (Å²) in [6, 6.07) is 5.67. The molecular weight excluding hydrogens is 300 g/mol. The second-order valence-corrected chi connectivity index (χ2v) is 4.66. The van der Waals surface area contributed by atoms with Gasteiger partial charge < -0.3 is 11.1 Å². The summed E-state index contributed by atoms with van der Waals surface area (Å²) < 4.78 is 0.926. The minimum Gasteiger partial charge on any atom is -0.389 e. The second-order valence-electron chi connectivity index (χ2n) is 3.31. The summed E-state index contributed by atoms with van der Waals surface area (Å²) in [7, 11) is 0. The van der Waals surface area contributed by atoms with Gasteiger partial charge in [0, 0.05) is 15.7 Å². The zero-order chi connectivity index (χ0) is 12.3. The van der Waals surface area contributed by atoms with E-state index in [-0.39, 0.29) is 0 Å². The number of anilines is 2. The number of nitrogens with two attached hydrogens (primary N) is 1. The molecule has 4 nitrogen and oxygen atoms in total. The normalized spacial score (nSPS) is 9.94. The summed E-state index contributed by atoms with van der Waals surface area (Å²) in [5.74, 6) is 0. The molecule has 0 spiro atoms. The monoisotopic (exact) mass is 308 g/mol. The van der Waals surface area contributed by atoms with Crippen LogP contribution in [0.3, 0.4) is 0 Å². The first-order chi connectivity index (χ1) is 8.16. The van der Waals surface area contributed by atoms with Gasteiger partial charge in [-0.1, -0.05) is 28.1 Å². The van der Waals surface area contributed by atoms with Crippen molar-refractivity contribution in [2.45, 2.75) is 0 Å². The Hall–Kier alpha value is -1.53. The van der Waals surface area contributed by atoms with E-state index in [2.05, 4.69) is 31.2 Å². The van der Waals surface area contributed by atoms with Gasteiger partial charge in [0.2, 0.25) is 0 Å². The van der Waals surface area contributed by atoms with Crippen LogP contribution in [0.2, 0.25) is 0 Å². The lowest BCUT2D eigenvalue weighted by Crippen LogP contribution is -2.12. The molecule has 0 radical (unpaired) electrons. The molecule has 0 saturated heterocycles. The van der Waals surface area contributed by atoms with Crippen molar-refractivity contribution in [3.63, 3.8) is 0 Å². The Morgan fingerprint density at radius 3 is 2.65 bits per heavy atom. The molecule has 17 heavy (non-hydrogen) atoms. The van der Waals surface area contributed by atoms with Crippen LogP contribution in [-0.2, 0) is 0 Å². The first-order valence-electron chi connectivity index (χ1n) is 4.78. The van der Waals surface area contributed by atoms with Crippen LogP contribution in [0, 0.1) is 0 Å². The fourth-order valence-corrected chi connectivity index (χ4v) is 1.88. The van der Waals surface area contributed by atoms with Gasteiger partial charge in [-0.2, -0.15) is 0 Å². The fraction of sp³-hybridized carbons (Fsp3) is 0. The highest BCUT2D eigenvalue weighted by atomic mass is 79.9. The largest absolute Gasteiger partial charge is 0.389 e. The van der Waals surface area contributed by atoms with Crippen molar-refractivity contribution in [2.75, 3.05) is 5.32 Å². The van der Waals surface area contributed by atoms with Gasteiger partial charge in [-0.15, -0.1) is 0 Å². The van der Waals surface area contributed by atoms with Gasteiger partial charge in [-0.25, -0.2) is 9.97 Å². The zero-order valence-electron chi connectivity index (χ0n) is 8.72. The summed E-state index contributed by atoms with van der Waals surface area (Å²) in [5.41, 5.74) is 8.07. The summed E-state index contributed by atoms with van der Waals surface area (Å²) >= 11 is 8.39.